The molecule has 2 fully saturated rings. The van der Waals surface area contributed by atoms with Crippen molar-refractivity contribution < 1.29 is 14.3 Å². The van der Waals surface area contributed by atoms with Gasteiger partial charge in [-0.2, -0.15) is 0 Å². The van der Waals surface area contributed by atoms with Crippen molar-refractivity contribution in [3.8, 4) is 5.75 Å². The molecule has 1 aromatic rings. The summed E-state index contributed by atoms with van der Waals surface area (Å²) in [6.45, 7) is 2.92. The molecule has 0 radical (unpaired) electrons. The Morgan fingerprint density at radius 2 is 2.04 bits per heavy atom. The Bertz CT molecular complexity index is 627. The summed E-state index contributed by atoms with van der Waals surface area (Å²) in [5.74, 6) is 1.23. The van der Waals surface area contributed by atoms with Crippen molar-refractivity contribution in [1.29, 1.82) is 0 Å². The van der Waals surface area contributed by atoms with E-state index in [4.69, 9.17) is 4.74 Å². The van der Waals surface area contributed by atoms with Crippen LogP contribution in [0.15, 0.2) is 24.3 Å². The highest BCUT2D eigenvalue weighted by molar-refractivity contribution is 5.85. The molecule has 3 rings (SSSR count). The summed E-state index contributed by atoms with van der Waals surface area (Å²) in [5, 5.41) is 9.23. The zero-order valence-corrected chi connectivity index (χ0v) is 16.6. The lowest BCUT2D eigenvalue weighted by molar-refractivity contribution is -0.123. The number of ether oxygens (including phenoxy) is 1. The number of hydrogen-bond acceptors (Lipinski definition) is 4. The van der Waals surface area contributed by atoms with E-state index < -0.39 is 0 Å². The zero-order chi connectivity index (χ0) is 18.4. The predicted molar refractivity (Wildman–Crippen MR) is 107 cm³/mol. The predicted octanol–water partition coefficient (Wildman–Crippen LogP) is 2.16. The molecule has 1 heterocycles. The largest absolute Gasteiger partial charge is 0.484 e. The van der Waals surface area contributed by atoms with Gasteiger partial charge in [-0.1, -0.05) is 25.0 Å². The minimum Gasteiger partial charge on any atom is -0.484 e. The molecule has 3 unspecified atom stereocenters. The Morgan fingerprint density at radius 1 is 1.22 bits per heavy atom. The number of nitrogens with one attached hydrogen (secondary N) is 3. The zero-order valence-electron chi connectivity index (χ0n) is 15.8. The van der Waals surface area contributed by atoms with Gasteiger partial charge in [0.1, 0.15) is 5.75 Å². The first-order valence-electron chi connectivity index (χ1n) is 9.68. The van der Waals surface area contributed by atoms with Gasteiger partial charge >= 0.3 is 0 Å². The SMILES string of the molecule is CCNC(=O)COc1cccc(CNC(=O)C2CC3CCCCC3N2)c1.Cl. The summed E-state index contributed by atoms with van der Waals surface area (Å²) >= 11 is 0. The van der Waals surface area contributed by atoms with Gasteiger partial charge in [-0.25, -0.2) is 0 Å². The van der Waals surface area contributed by atoms with Gasteiger partial charge in [0.15, 0.2) is 6.61 Å². The molecule has 1 saturated carbocycles. The van der Waals surface area contributed by atoms with Crippen LogP contribution in [0.1, 0.15) is 44.6 Å². The molecule has 150 valence electrons. The van der Waals surface area contributed by atoms with Crippen LogP contribution >= 0.6 is 12.4 Å². The van der Waals surface area contributed by atoms with Gasteiger partial charge in [0.05, 0.1) is 6.04 Å². The standard InChI is InChI=1S/C20H29N3O3.ClH/c1-2-21-19(24)13-26-16-8-5-6-14(10-16)12-22-20(25)18-11-15-7-3-4-9-17(15)23-18;/h5-6,8,10,15,17-18,23H,2-4,7,9,11-13H2,1H3,(H,21,24)(H,22,25);1H. The van der Waals surface area contributed by atoms with Crippen molar-refractivity contribution in [1.82, 2.24) is 16.0 Å². The van der Waals surface area contributed by atoms with Gasteiger partial charge in [0, 0.05) is 19.1 Å². The fourth-order valence-corrected chi connectivity index (χ4v) is 3.98. The molecular formula is C20H30ClN3O3. The summed E-state index contributed by atoms with van der Waals surface area (Å²) in [6.07, 6.45) is 5.95. The van der Waals surface area contributed by atoms with Gasteiger partial charge in [0.25, 0.3) is 5.91 Å². The molecule has 27 heavy (non-hydrogen) atoms. The second kappa shape index (κ2) is 10.5. The Hall–Kier alpha value is -1.79. The topological polar surface area (TPSA) is 79.5 Å². The van der Waals surface area contributed by atoms with Crippen molar-refractivity contribution in [2.24, 2.45) is 5.92 Å². The van der Waals surface area contributed by atoms with E-state index in [2.05, 4.69) is 16.0 Å². The van der Waals surface area contributed by atoms with Crippen molar-refractivity contribution in [2.45, 2.75) is 57.7 Å². The molecule has 0 bridgehead atoms. The average Bonchev–Trinajstić information content (AvgIpc) is 3.09. The molecular weight excluding hydrogens is 366 g/mol. The Balaban J connectivity index is 0.00000261. The van der Waals surface area contributed by atoms with Crippen LogP contribution < -0.4 is 20.7 Å². The Kier molecular flexibility index (Phi) is 8.38. The van der Waals surface area contributed by atoms with Crippen molar-refractivity contribution in [3.05, 3.63) is 29.8 Å². The number of fused-ring (bicyclic) bond motifs is 1. The number of halogens is 1. The fraction of sp³-hybridized carbons (Fsp3) is 0.600. The van der Waals surface area contributed by atoms with Crippen LogP contribution in [0.4, 0.5) is 0 Å². The molecule has 3 N–H and O–H groups in total. The molecule has 0 aromatic heterocycles. The Morgan fingerprint density at radius 3 is 2.81 bits per heavy atom. The van der Waals surface area contributed by atoms with Gasteiger partial charge in [0.2, 0.25) is 5.91 Å². The maximum absolute atomic E-state index is 12.5. The number of carbonyl (C=O) groups excluding carboxylic acids is 2. The van der Waals surface area contributed by atoms with Gasteiger partial charge in [-0.05, 0) is 49.8 Å². The third-order valence-electron chi connectivity index (χ3n) is 5.29. The highest BCUT2D eigenvalue weighted by atomic mass is 35.5. The molecule has 6 nitrogen and oxygen atoms in total. The van der Waals surface area contributed by atoms with Crippen LogP contribution in [0.3, 0.4) is 0 Å². The van der Waals surface area contributed by atoms with Crippen LogP contribution in [-0.4, -0.2) is 37.0 Å². The first kappa shape index (κ1) is 21.5. The summed E-state index contributed by atoms with van der Waals surface area (Å²) in [4.78, 5) is 23.9. The van der Waals surface area contributed by atoms with Crippen LogP contribution in [0.5, 0.6) is 5.75 Å². The van der Waals surface area contributed by atoms with E-state index in [1.165, 1.54) is 25.7 Å². The summed E-state index contributed by atoms with van der Waals surface area (Å²) in [6, 6.07) is 7.94. The van der Waals surface area contributed by atoms with E-state index in [1.807, 2.05) is 31.2 Å². The number of hydrogen-bond donors (Lipinski definition) is 3. The normalized spacial score (nSPS) is 23.7. The molecule has 1 aliphatic heterocycles. The smallest absolute Gasteiger partial charge is 0.257 e. The van der Waals surface area contributed by atoms with E-state index in [1.54, 1.807) is 0 Å². The van der Waals surface area contributed by atoms with E-state index in [0.717, 1.165) is 12.0 Å². The van der Waals surface area contributed by atoms with Crippen molar-refractivity contribution >= 4 is 24.2 Å². The van der Waals surface area contributed by atoms with Gasteiger partial charge in [-0.15, -0.1) is 12.4 Å². The van der Waals surface area contributed by atoms with Gasteiger partial charge in [-0.3, -0.25) is 9.59 Å². The molecule has 1 aromatic carbocycles. The first-order chi connectivity index (χ1) is 12.7. The first-order valence-corrected chi connectivity index (χ1v) is 9.68. The lowest BCUT2D eigenvalue weighted by Gasteiger charge is -2.24. The number of benzene rings is 1. The van der Waals surface area contributed by atoms with Crippen LogP contribution in [-0.2, 0) is 16.1 Å². The van der Waals surface area contributed by atoms with E-state index in [9.17, 15) is 9.59 Å². The summed E-state index contributed by atoms with van der Waals surface area (Å²) in [5.41, 5.74) is 0.960. The summed E-state index contributed by atoms with van der Waals surface area (Å²) < 4.78 is 5.49. The van der Waals surface area contributed by atoms with E-state index in [0.29, 0.717) is 30.8 Å². The minimum atomic E-state index is -0.139. The Labute approximate surface area is 167 Å². The van der Waals surface area contributed by atoms with Crippen LogP contribution in [0.2, 0.25) is 0 Å². The lowest BCUT2D eigenvalue weighted by atomic mass is 9.85. The van der Waals surface area contributed by atoms with Crippen molar-refractivity contribution in [3.63, 3.8) is 0 Å². The maximum atomic E-state index is 12.5. The number of likely N-dealkylation sites (N-methyl/N-ethyl adjacent to an activating group) is 1. The molecule has 1 aliphatic carbocycles. The highest BCUT2D eigenvalue weighted by Crippen LogP contribution is 2.33. The van der Waals surface area contributed by atoms with Crippen LogP contribution in [0, 0.1) is 5.92 Å². The third kappa shape index (κ3) is 6.11. The van der Waals surface area contributed by atoms with Gasteiger partial charge < -0.3 is 20.7 Å². The second-order valence-corrected chi connectivity index (χ2v) is 7.21. The monoisotopic (exact) mass is 395 g/mol. The molecule has 1 saturated heterocycles. The van der Waals surface area contributed by atoms with E-state index in [-0.39, 0.29) is 36.9 Å². The number of rotatable bonds is 7. The average molecular weight is 396 g/mol. The van der Waals surface area contributed by atoms with Crippen molar-refractivity contribution in [2.75, 3.05) is 13.2 Å². The molecule has 2 amide bonds. The quantitative estimate of drug-likeness (QED) is 0.661. The van der Waals surface area contributed by atoms with E-state index >= 15 is 0 Å². The fourth-order valence-electron chi connectivity index (χ4n) is 3.98. The maximum Gasteiger partial charge on any atom is 0.257 e. The number of amides is 2. The number of carbonyl (C=O) groups is 2. The third-order valence-corrected chi connectivity index (χ3v) is 5.29. The minimum absolute atomic E-state index is 0. The second-order valence-electron chi connectivity index (χ2n) is 7.21. The molecule has 2 aliphatic rings. The molecule has 3 atom stereocenters. The summed E-state index contributed by atoms with van der Waals surface area (Å²) in [7, 11) is 0. The lowest BCUT2D eigenvalue weighted by Crippen LogP contribution is -2.42. The molecule has 0 spiro atoms. The molecule has 7 heteroatoms. The van der Waals surface area contributed by atoms with Crippen LogP contribution in [0.25, 0.3) is 0 Å². The highest BCUT2D eigenvalue weighted by Gasteiger charge is 2.37.